The molecule has 11 rings (SSSR count). The van der Waals surface area contributed by atoms with Crippen molar-refractivity contribution in [3.05, 3.63) is 139 Å². The maximum absolute atomic E-state index is 16.4. The molecule has 1 aliphatic carbocycles. The van der Waals surface area contributed by atoms with Crippen LogP contribution in [0.25, 0.3) is 39.0 Å². The topological polar surface area (TPSA) is 165 Å². The number of benzene rings is 3. The molecule has 3 aliphatic rings. The first-order chi connectivity index (χ1) is 32.6. The molecule has 2 fully saturated rings. The number of carbonyl (C=O) groups is 1. The molecule has 0 bridgehead atoms. The number of H-pyrrole nitrogens is 1. The van der Waals surface area contributed by atoms with Crippen molar-refractivity contribution in [3.8, 4) is 17.2 Å². The Balaban J connectivity index is 1.04. The summed E-state index contributed by atoms with van der Waals surface area (Å²) in [4.78, 5) is 47.4. The Morgan fingerprint density at radius 1 is 0.971 bits per heavy atom. The van der Waals surface area contributed by atoms with Crippen molar-refractivity contribution in [1.82, 2.24) is 48.3 Å². The van der Waals surface area contributed by atoms with Crippen molar-refractivity contribution in [2.45, 2.75) is 96.9 Å². The molecule has 1 saturated heterocycles. The highest BCUT2D eigenvalue weighted by atomic mass is 19.1. The zero-order valence-electron chi connectivity index (χ0n) is 39.0. The van der Waals surface area contributed by atoms with Gasteiger partial charge in [0.15, 0.2) is 11.6 Å². The second kappa shape index (κ2) is 15.8. The molecular weight excluding hydrogens is 875 g/mol. The number of imidazole rings is 1. The van der Waals surface area contributed by atoms with Crippen LogP contribution in [0.15, 0.2) is 81.2 Å². The van der Waals surface area contributed by atoms with Gasteiger partial charge in [-0.15, -0.1) is 0 Å². The standard InChI is InChI=1S/C50H52F2N10O6/c1-27-20-34(21-28(2)42(27)51)62-44(59-16-15-58(48(59)65)39-11-10-38-35(43(39)52)26-53-60(38)17-19-66-7)41-30(4)57(14-12-36(41)55-62)45(63)40-23-33-22-31(32-13-18-67-49(5,6)25-32)8-9-37(33)61(40)50(24-29(50)3)46-54-47(64)68-56-46/h8-11,15-16,20-23,26,29-30,32H,12-14,17-19,24-25H2,1-7H3,(H,54,56,64)/t29-,30-,32?,50-/m0/s1. The van der Waals surface area contributed by atoms with E-state index in [4.69, 9.17) is 19.1 Å². The highest BCUT2D eigenvalue weighted by molar-refractivity contribution is 6.00. The minimum atomic E-state index is -0.864. The Bertz CT molecular complexity index is 3440. The molecule has 352 valence electrons. The lowest BCUT2D eigenvalue weighted by molar-refractivity contribution is -0.0592. The number of rotatable bonds is 10. The van der Waals surface area contributed by atoms with Crippen LogP contribution in [0, 0.1) is 31.4 Å². The molecule has 1 saturated carbocycles. The van der Waals surface area contributed by atoms with Gasteiger partial charge in [-0.05, 0) is 125 Å². The fourth-order valence-electron chi connectivity index (χ4n) is 11.1. The van der Waals surface area contributed by atoms with Gasteiger partial charge in [0.2, 0.25) is 0 Å². The summed E-state index contributed by atoms with van der Waals surface area (Å²) in [5, 5.41) is 14.7. The molecule has 8 aromatic rings. The predicted molar refractivity (Wildman–Crippen MR) is 248 cm³/mol. The number of halogens is 2. The van der Waals surface area contributed by atoms with Crippen molar-refractivity contribution in [3.63, 3.8) is 0 Å². The Morgan fingerprint density at radius 3 is 2.43 bits per heavy atom. The molecule has 7 heterocycles. The van der Waals surface area contributed by atoms with Crippen LogP contribution >= 0.6 is 0 Å². The van der Waals surface area contributed by atoms with Crippen LogP contribution in [-0.2, 0) is 28.0 Å². The predicted octanol–water partition coefficient (Wildman–Crippen LogP) is 7.55. The van der Waals surface area contributed by atoms with E-state index in [1.165, 1.54) is 21.5 Å². The zero-order chi connectivity index (χ0) is 47.6. The van der Waals surface area contributed by atoms with Crippen molar-refractivity contribution < 1.29 is 27.6 Å². The SMILES string of the molecule is COCCn1ncc2c(F)c(-n3ccn(-c4c5c(nn4-c4cc(C)c(F)c(C)c4)CCN(C(=O)c4cc6cc(C7CCOC(C)(C)C7)ccc6n4[C@@]4(c6noc(=O)[nH]6)C[C@@H]4C)[C@H]5C)c3=O)ccc21. The molecule has 4 atom stereocenters. The van der Waals surface area contributed by atoms with E-state index in [9.17, 15) is 9.59 Å². The van der Waals surface area contributed by atoms with Crippen molar-refractivity contribution in [2.24, 2.45) is 5.92 Å². The third-order valence-electron chi connectivity index (χ3n) is 14.6. The van der Waals surface area contributed by atoms with Crippen molar-refractivity contribution in [1.29, 1.82) is 0 Å². The Hall–Kier alpha value is -6.92. The molecule has 68 heavy (non-hydrogen) atoms. The summed E-state index contributed by atoms with van der Waals surface area (Å²) in [6.07, 6.45) is 7.16. The number of hydrogen-bond donors (Lipinski definition) is 1. The van der Waals surface area contributed by atoms with Gasteiger partial charge in [0.1, 0.15) is 22.9 Å². The molecule has 1 unspecified atom stereocenters. The third kappa shape index (κ3) is 6.73. The lowest BCUT2D eigenvalue weighted by Crippen LogP contribution is -2.41. The number of nitrogens with zero attached hydrogens (tertiary/aromatic N) is 9. The number of aromatic nitrogens is 9. The number of amides is 1. The monoisotopic (exact) mass is 926 g/mol. The molecule has 1 N–H and O–H groups in total. The van der Waals surface area contributed by atoms with E-state index in [1.54, 1.807) is 65.7 Å². The number of hydrogen-bond acceptors (Lipinski definition) is 9. The van der Waals surface area contributed by atoms with E-state index < -0.39 is 28.8 Å². The van der Waals surface area contributed by atoms with E-state index >= 15 is 13.6 Å². The maximum atomic E-state index is 16.4. The van der Waals surface area contributed by atoms with E-state index in [0.29, 0.717) is 83.5 Å². The summed E-state index contributed by atoms with van der Waals surface area (Å²) in [6, 6.07) is 14.3. The summed E-state index contributed by atoms with van der Waals surface area (Å²) >= 11 is 0. The average Bonchev–Trinajstić information content (AvgIpc) is 3.96. The van der Waals surface area contributed by atoms with E-state index in [-0.39, 0.29) is 46.8 Å². The molecule has 0 radical (unpaired) electrons. The van der Waals surface area contributed by atoms with Gasteiger partial charge in [0, 0.05) is 55.5 Å². The molecule has 2 aliphatic heterocycles. The Kier molecular flexibility index (Phi) is 10.2. The van der Waals surface area contributed by atoms with Gasteiger partial charge in [-0.3, -0.25) is 28.1 Å². The molecule has 5 aromatic heterocycles. The van der Waals surface area contributed by atoms with E-state index in [0.717, 1.165) is 29.3 Å². The maximum Gasteiger partial charge on any atom is 0.438 e. The second-order valence-electron chi connectivity index (χ2n) is 19.4. The van der Waals surface area contributed by atoms with Crippen LogP contribution in [0.3, 0.4) is 0 Å². The lowest BCUT2D eigenvalue weighted by Gasteiger charge is -2.35. The van der Waals surface area contributed by atoms with E-state index in [2.05, 4.69) is 54.2 Å². The number of nitrogens with one attached hydrogen (secondary N) is 1. The highest BCUT2D eigenvalue weighted by Gasteiger charge is 2.59. The average molecular weight is 927 g/mol. The number of ether oxygens (including phenoxy) is 2. The van der Waals surface area contributed by atoms with Crippen LogP contribution in [0.2, 0.25) is 0 Å². The normalized spacial score (nSPS) is 21.2. The van der Waals surface area contributed by atoms with Gasteiger partial charge in [-0.2, -0.15) is 10.2 Å². The van der Waals surface area contributed by atoms with Crippen LogP contribution < -0.4 is 11.4 Å². The summed E-state index contributed by atoms with van der Waals surface area (Å²) < 4.78 is 55.9. The van der Waals surface area contributed by atoms with E-state index in [1.807, 2.05) is 17.6 Å². The smallest absolute Gasteiger partial charge is 0.383 e. The van der Waals surface area contributed by atoms with Gasteiger partial charge in [-0.25, -0.2) is 23.1 Å². The Labute approximate surface area is 388 Å². The summed E-state index contributed by atoms with van der Waals surface area (Å²) in [5.41, 5.74) is 3.82. The van der Waals surface area contributed by atoms with Crippen molar-refractivity contribution >= 4 is 27.7 Å². The van der Waals surface area contributed by atoms with Gasteiger partial charge in [0.05, 0.1) is 59.0 Å². The van der Waals surface area contributed by atoms with Crippen molar-refractivity contribution in [2.75, 3.05) is 26.9 Å². The first-order valence-corrected chi connectivity index (χ1v) is 23.1. The lowest BCUT2D eigenvalue weighted by atomic mass is 9.83. The van der Waals surface area contributed by atoms with Crippen LogP contribution in [0.5, 0.6) is 0 Å². The minimum Gasteiger partial charge on any atom is -0.383 e. The van der Waals surface area contributed by atoms with Gasteiger partial charge in [0.25, 0.3) is 5.91 Å². The second-order valence-corrected chi connectivity index (χ2v) is 19.4. The molecule has 18 heteroatoms. The largest absolute Gasteiger partial charge is 0.438 e. The number of aromatic amines is 1. The molecule has 1 amide bonds. The highest BCUT2D eigenvalue weighted by Crippen LogP contribution is 2.56. The molecule has 16 nitrogen and oxygen atoms in total. The summed E-state index contributed by atoms with van der Waals surface area (Å²) in [6.45, 7) is 13.3. The Morgan fingerprint density at radius 2 is 1.72 bits per heavy atom. The van der Waals surface area contributed by atoms with Gasteiger partial charge in [-0.1, -0.05) is 18.1 Å². The number of methoxy groups -OCH3 is 1. The van der Waals surface area contributed by atoms with Crippen LogP contribution in [0.4, 0.5) is 8.78 Å². The molecule has 3 aromatic carbocycles. The fourth-order valence-corrected chi connectivity index (χ4v) is 11.1. The zero-order valence-corrected chi connectivity index (χ0v) is 39.0. The van der Waals surface area contributed by atoms with Gasteiger partial charge >= 0.3 is 11.4 Å². The minimum absolute atomic E-state index is 0.00694. The summed E-state index contributed by atoms with van der Waals surface area (Å²) in [7, 11) is 1.58. The first-order valence-electron chi connectivity index (χ1n) is 23.1. The number of aryl methyl sites for hydroxylation is 2. The third-order valence-corrected chi connectivity index (χ3v) is 14.6. The summed E-state index contributed by atoms with van der Waals surface area (Å²) in [5.74, 6) is -0.978. The molecular formula is C50H52F2N10O6. The molecule has 0 spiro atoms. The first kappa shape index (κ1) is 43.6. The number of fused-ring (bicyclic) bond motifs is 3. The quantitative estimate of drug-likeness (QED) is 0.146. The number of carbonyl (C=O) groups excluding carboxylic acids is 1. The van der Waals surface area contributed by atoms with Gasteiger partial charge < -0.3 is 18.9 Å². The van der Waals surface area contributed by atoms with Crippen LogP contribution in [-0.4, -0.2) is 86.7 Å². The van der Waals surface area contributed by atoms with Crippen LogP contribution in [0.1, 0.15) is 103 Å². The fraction of sp³-hybridized carbons (Fsp3) is 0.400.